The average molecular weight is 285 g/mol. The summed E-state index contributed by atoms with van der Waals surface area (Å²) in [4.78, 5) is 10.6. The quantitative estimate of drug-likeness (QED) is 0.634. The SMILES string of the molecule is Cc1cn[nH]c1NS(=O)(=O)c1c(C(=O)O)n[nH]c1C. The molecule has 0 bridgehead atoms. The fraction of sp³-hybridized carbons (Fsp3) is 0.222. The number of carbonyl (C=O) groups is 1. The van der Waals surface area contributed by atoms with Gasteiger partial charge in [0.2, 0.25) is 0 Å². The van der Waals surface area contributed by atoms with Gasteiger partial charge in [0.1, 0.15) is 10.7 Å². The summed E-state index contributed by atoms with van der Waals surface area (Å²) < 4.78 is 26.6. The Labute approximate surface area is 108 Å². The first-order valence-corrected chi connectivity index (χ1v) is 6.62. The van der Waals surface area contributed by atoms with E-state index in [-0.39, 0.29) is 11.5 Å². The summed E-state index contributed by atoms with van der Waals surface area (Å²) >= 11 is 0. The van der Waals surface area contributed by atoms with Gasteiger partial charge in [-0.3, -0.25) is 14.9 Å². The van der Waals surface area contributed by atoms with Crippen molar-refractivity contribution in [3.8, 4) is 0 Å². The Bertz CT molecular complexity index is 730. The summed E-state index contributed by atoms with van der Waals surface area (Å²) in [6, 6.07) is 0. The first kappa shape index (κ1) is 13.1. The first-order valence-electron chi connectivity index (χ1n) is 5.14. The number of anilines is 1. The smallest absolute Gasteiger partial charge is 0.357 e. The third-order valence-corrected chi connectivity index (χ3v) is 3.94. The lowest BCUT2D eigenvalue weighted by molar-refractivity contribution is 0.0686. The number of nitrogens with one attached hydrogen (secondary N) is 3. The van der Waals surface area contributed by atoms with Crippen LogP contribution in [0.4, 0.5) is 5.82 Å². The number of aromatic nitrogens is 4. The minimum absolute atomic E-state index is 0.141. The Kier molecular flexibility index (Phi) is 3.02. The zero-order valence-electron chi connectivity index (χ0n) is 10.1. The molecule has 102 valence electrons. The standard InChI is InChI=1S/C9H11N5O4S/c1-4-3-10-13-8(4)14-19(17,18)7-5(2)11-12-6(7)9(15)16/h3H,1-2H3,(H,11,12)(H,15,16)(H2,10,13,14). The fourth-order valence-corrected chi connectivity index (χ4v) is 2.94. The largest absolute Gasteiger partial charge is 0.476 e. The van der Waals surface area contributed by atoms with E-state index >= 15 is 0 Å². The highest BCUT2D eigenvalue weighted by Gasteiger charge is 2.28. The lowest BCUT2D eigenvalue weighted by Crippen LogP contribution is -2.17. The van der Waals surface area contributed by atoms with Gasteiger partial charge in [-0.15, -0.1) is 0 Å². The average Bonchev–Trinajstić information content (AvgIpc) is 2.86. The third kappa shape index (κ3) is 2.29. The van der Waals surface area contributed by atoms with Gasteiger partial charge in [-0.2, -0.15) is 10.2 Å². The third-order valence-electron chi connectivity index (χ3n) is 2.43. The Morgan fingerprint density at radius 3 is 2.58 bits per heavy atom. The summed E-state index contributed by atoms with van der Waals surface area (Å²) in [5.41, 5.74) is 0.172. The van der Waals surface area contributed by atoms with Crippen LogP contribution in [0.2, 0.25) is 0 Å². The number of hydrogen-bond acceptors (Lipinski definition) is 5. The predicted octanol–water partition coefficient (Wildman–Crippen LogP) is 0.249. The van der Waals surface area contributed by atoms with Gasteiger partial charge >= 0.3 is 5.97 Å². The first-order chi connectivity index (χ1) is 8.83. The molecule has 0 aliphatic rings. The maximum atomic E-state index is 12.2. The van der Waals surface area contributed by atoms with Crippen LogP contribution in [0.1, 0.15) is 21.7 Å². The topological polar surface area (TPSA) is 141 Å². The molecule has 0 aliphatic heterocycles. The van der Waals surface area contributed by atoms with Crippen LogP contribution in [0.25, 0.3) is 0 Å². The van der Waals surface area contributed by atoms with Crippen LogP contribution in [-0.2, 0) is 10.0 Å². The number of aryl methyl sites for hydroxylation is 2. The maximum absolute atomic E-state index is 12.2. The van der Waals surface area contributed by atoms with Crippen LogP contribution in [-0.4, -0.2) is 39.9 Å². The molecule has 0 radical (unpaired) electrons. The fourth-order valence-electron chi connectivity index (χ4n) is 1.53. The molecule has 2 aromatic heterocycles. The number of carboxylic acids is 1. The summed E-state index contributed by atoms with van der Waals surface area (Å²) in [5.74, 6) is -1.25. The van der Waals surface area contributed by atoms with Crippen LogP contribution < -0.4 is 4.72 Å². The number of aromatic carboxylic acids is 1. The Morgan fingerprint density at radius 2 is 2.05 bits per heavy atom. The van der Waals surface area contributed by atoms with Gasteiger partial charge in [-0.25, -0.2) is 13.2 Å². The van der Waals surface area contributed by atoms with Crippen molar-refractivity contribution in [1.82, 2.24) is 20.4 Å². The summed E-state index contributed by atoms with van der Waals surface area (Å²) in [6.07, 6.45) is 1.44. The zero-order valence-corrected chi connectivity index (χ0v) is 10.9. The van der Waals surface area contributed by atoms with Gasteiger partial charge in [-0.1, -0.05) is 0 Å². The number of hydrogen-bond donors (Lipinski definition) is 4. The van der Waals surface area contributed by atoms with Crippen molar-refractivity contribution in [2.45, 2.75) is 18.7 Å². The van der Waals surface area contributed by atoms with E-state index in [1.165, 1.54) is 13.1 Å². The van der Waals surface area contributed by atoms with E-state index in [1.54, 1.807) is 6.92 Å². The second-order valence-corrected chi connectivity index (χ2v) is 5.48. The Hall–Kier alpha value is -2.36. The van der Waals surface area contributed by atoms with Crippen molar-refractivity contribution in [3.63, 3.8) is 0 Å². The lowest BCUT2D eigenvalue weighted by atomic mass is 10.4. The molecule has 0 aliphatic carbocycles. The molecule has 9 nitrogen and oxygen atoms in total. The number of nitrogens with zero attached hydrogens (tertiary/aromatic N) is 2. The van der Waals surface area contributed by atoms with Crippen molar-refractivity contribution in [2.24, 2.45) is 0 Å². The molecule has 0 spiro atoms. The minimum Gasteiger partial charge on any atom is -0.476 e. The molecule has 0 saturated heterocycles. The molecule has 0 fully saturated rings. The van der Waals surface area contributed by atoms with Gasteiger partial charge in [0.05, 0.1) is 11.9 Å². The number of aromatic amines is 2. The molecule has 2 aromatic rings. The molecule has 19 heavy (non-hydrogen) atoms. The lowest BCUT2D eigenvalue weighted by Gasteiger charge is -2.06. The Morgan fingerprint density at radius 1 is 1.37 bits per heavy atom. The summed E-state index contributed by atoms with van der Waals surface area (Å²) in [7, 11) is -4.06. The van der Waals surface area contributed by atoms with E-state index in [9.17, 15) is 13.2 Å². The van der Waals surface area contributed by atoms with Crippen molar-refractivity contribution < 1.29 is 18.3 Å². The molecule has 0 saturated carbocycles. The van der Waals surface area contributed by atoms with Crippen LogP contribution in [0.3, 0.4) is 0 Å². The summed E-state index contributed by atoms with van der Waals surface area (Å²) in [5, 5.41) is 20.9. The van der Waals surface area contributed by atoms with Crippen molar-refractivity contribution in [1.29, 1.82) is 0 Å². The molecule has 4 N–H and O–H groups in total. The zero-order chi connectivity index (χ0) is 14.2. The van der Waals surface area contributed by atoms with Gasteiger partial charge in [0.25, 0.3) is 10.0 Å². The number of rotatable bonds is 4. The van der Waals surface area contributed by atoms with E-state index in [0.29, 0.717) is 5.56 Å². The highest BCUT2D eigenvalue weighted by atomic mass is 32.2. The van der Waals surface area contributed by atoms with Gasteiger partial charge < -0.3 is 5.11 Å². The molecular weight excluding hydrogens is 274 g/mol. The van der Waals surface area contributed by atoms with Gasteiger partial charge in [0, 0.05) is 5.56 Å². The molecule has 0 unspecified atom stereocenters. The van der Waals surface area contributed by atoms with Crippen molar-refractivity contribution in [3.05, 3.63) is 23.1 Å². The number of sulfonamides is 1. The van der Waals surface area contributed by atoms with Gasteiger partial charge in [0.15, 0.2) is 5.69 Å². The van der Waals surface area contributed by atoms with E-state index in [2.05, 4.69) is 25.1 Å². The van der Waals surface area contributed by atoms with Crippen LogP contribution >= 0.6 is 0 Å². The minimum atomic E-state index is -4.06. The number of H-pyrrole nitrogens is 2. The van der Waals surface area contributed by atoms with Crippen LogP contribution in [0.5, 0.6) is 0 Å². The van der Waals surface area contributed by atoms with E-state index in [4.69, 9.17) is 5.11 Å². The predicted molar refractivity (Wildman–Crippen MR) is 64.4 cm³/mol. The second-order valence-electron chi connectivity index (χ2n) is 3.87. The molecule has 0 aromatic carbocycles. The molecule has 10 heteroatoms. The van der Waals surface area contributed by atoms with Crippen LogP contribution in [0, 0.1) is 13.8 Å². The van der Waals surface area contributed by atoms with E-state index < -0.39 is 26.6 Å². The van der Waals surface area contributed by atoms with Crippen LogP contribution in [0.15, 0.2) is 11.1 Å². The number of carboxylic acid groups (broad SMARTS) is 1. The van der Waals surface area contributed by atoms with Crippen molar-refractivity contribution in [2.75, 3.05) is 4.72 Å². The monoisotopic (exact) mass is 285 g/mol. The molecular formula is C9H11N5O4S. The normalized spacial score (nSPS) is 11.5. The molecule has 2 rings (SSSR count). The molecule has 0 atom stereocenters. The maximum Gasteiger partial charge on any atom is 0.357 e. The van der Waals surface area contributed by atoms with Gasteiger partial charge in [-0.05, 0) is 13.8 Å². The molecule has 0 amide bonds. The molecule has 2 heterocycles. The Balaban J connectivity index is 2.49. The van der Waals surface area contributed by atoms with E-state index in [1.807, 2.05) is 0 Å². The highest BCUT2D eigenvalue weighted by molar-refractivity contribution is 7.92. The second kappa shape index (κ2) is 4.39. The van der Waals surface area contributed by atoms with E-state index in [0.717, 1.165) is 0 Å². The highest BCUT2D eigenvalue weighted by Crippen LogP contribution is 2.21. The summed E-state index contributed by atoms with van der Waals surface area (Å²) in [6.45, 7) is 3.08. The van der Waals surface area contributed by atoms with Crippen molar-refractivity contribution >= 4 is 21.8 Å².